The first-order valence-electron chi connectivity index (χ1n) is 7.63. The molecule has 20 heavy (non-hydrogen) atoms. The number of ether oxygens (including phenoxy) is 4. The Balaban J connectivity index is 2.97. The van der Waals surface area contributed by atoms with Crippen LogP contribution >= 0.6 is 0 Å². The molecule has 0 N–H and O–H groups in total. The smallest absolute Gasteiger partial charge is 0.132 e. The zero-order valence-corrected chi connectivity index (χ0v) is 13.0. The Hall–Kier alpha value is -0.490. The predicted octanol–water partition coefficient (Wildman–Crippen LogP) is 2.22. The van der Waals surface area contributed by atoms with Crippen LogP contribution in [0, 0.1) is 0 Å². The molecule has 0 heterocycles. The maximum atomic E-state index is 11.0. The monoisotopic (exact) mass is 290 g/mol. The molecular formula is C15H30O5. The van der Waals surface area contributed by atoms with E-state index in [9.17, 15) is 4.79 Å². The van der Waals surface area contributed by atoms with E-state index in [0.717, 1.165) is 19.4 Å². The number of carbonyl (C=O) groups is 1. The molecule has 0 saturated carbocycles. The topological polar surface area (TPSA) is 54.0 Å². The van der Waals surface area contributed by atoms with E-state index in [1.807, 2.05) is 6.92 Å². The van der Waals surface area contributed by atoms with E-state index in [-0.39, 0.29) is 0 Å². The Bertz CT molecular complexity index is 208. The van der Waals surface area contributed by atoms with Crippen molar-refractivity contribution in [3.8, 4) is 0 Å². The fraction of sp³-hybridized carbons (Fsp3) is 0.933. The quantitative estimate of drug-likeness (QED) is 0.408. The molecule has 0 aromatic carbocycles. The van der Waals surface area contributed by atoms with E-state index in [0.29, 0.717) is 64.9 Å². The largest absolute Gasteiger partial charge is 0.379 e. The van der Waals surface area contributed by atoms with Crippen molar-refractivity contribution in [2.45, 2.75) is 39.5 Å². The minimum absolute atomic E-state index is 0.296. The second kappa shape index (κ2) is 16.6. The molecule has 5 heteroatoms. The number of ketones is 1. The van der Waals surface area contributed by atoms with Gasteiger partial charge >= 0.3 is 0 Å². The van der Waals surface area contributed by atoms with Gasteiger partial charge < -0.3 is 18.9 Å². The fourth-order valence-electron chi connectivity index (χ4n) is 1.45. The van der Waals surface area contributed by atoms with Crippen LogP contribution in [0.1, 0.15) is 39.5 Å². The van der Waals surface area contributed by atoms with Gasteiger partial charge in [0.2, 0.25) is 0 Å². The molecule has 0 spiro atoms. The molecule has 0 atom stereocenters. The Labute approximate surface area is 122 Å². The summed E-state index contributed by atoms with van der Waals surface area (Å²) in [4.78, 5) is 11.0. The molecular weight excluding hydrogens is 260 g/mol. The fourth-order valence-corrected chi connectivity index (χ4v) is 1.45. The summed E-state index contributed by atoms with van der Waals surface area (Å²) < 4.78 is 21.3. The average molecular weight is 290 g/mol. The number of hydrogen-bond donors (Lipinski definition) is 0. The molecule has 0 aromatic heterocycles. The van der Waals surface area contributed by atoms with Crippen molar-refractivity contribution in [3.05, 3.63) is 0 Å². The van der Waals surface area contributed by atoms with Crippen molar-refractivity contribution < 1.29 is 23.7 Å². The van der Waals surface area contributed by atoms with Crippen molar-refractivity contribution in [2.24, 2.45) is 0 Å². The van der Waals surface area contributed by atoms with Crippen LogP contribution in [0.2, 0.25) is 0 Å². The Kier molecular flexibility index (Phi) is 16.2. The lowest BCUT2D eigenvalue weighted by molar-refractivity contribution is -0.119. The summed E-state index contributed by atoms with van der Waals surface area (Å²) in [6.45, 7) is 8.94. The molecule has 120 valence electrons. The summed E-state index contributed by atoms with van der Waals surface area (Å²) in [6, 6.07) is 0. The highest BCUT2D eigenvalue weighted by Gasteiger charge is 1.97. The van der Waals surface area contributed by atoms with E-state index in [1.165, 1.54) is 0 Å². The van der Waals surface area contributed by atoms with Crippen molar-refractivity contribution >= 4 is 5.78 Å². The van der Waals surface area contributed by atoms with E-state index in [4.69, 9.17) is 18.9 Å². The zero-order valence-electron chi connectivity index (χ0n) is 13.0. The van der Waals surface area contributed by atoms with Crippen LogP contribution in [0.25, 0.3) is 0 Å². The van der Waals surface area contributed by atoms with Crippen molar-refractivity contribution in [2.75, 3.05) is 52.9 Å². The lowest BCUT2D eigenvalue weighted by Crippen LogP contribution is -2.12. The van der Waals surface area contributed by atoms with Gasteiger partial charge in [0.1, 0.15) is 5.78 Å². The van der Waals surface area contributed by atoms with Crippen LogP contribution in [0.5, 0.6) is 0 Å². The summed E-state index contributed by atoms with van der Waals surface area (Å²) in [5.74, 6) is 0.296. The lowest BCUT2D eigenvalue weighted by Gasteiger charge is -2.07. The third-order valence-electron chi connectivity index (χ3n) is 2.60. The van der Waals surface area contributed by atoms with Gasteiger partial charge in [0, 0.05) is 26.1 Å². The highest BCUT2D eigenvalue weighted by Crippen LogP contribution is 1.95. The summed E-state index contributed by atoms with van der Waals surface area (Å²) in [7, 11) is 0. The highest BCUT2D eigenvalue weighted by atomic mass is 16.6. The molecule has 0 amide bonds. The van der Waals surface area contributed by atoms with Crippen LogP contribution in [0.15, 0.2) is 0 Å². The first-order valence-corrected chi connectivity index (χ1v) is 7.63. The van der Waals surface area contributed by atoms with Gasteiger partial charge in [-0.3, -0.25) is 4.79 Å². The minimum atomic E-state index is 0.296. The van der Waals surface area contributed by atoms with Crippen LogP contribution in [-0.4, -0.2) is 58.6 Å². The van der Waals surface area contributed by atoms with Crippen LogP contribution in [0.4, 0.5) is 0 Å². The molecule has 0 radical (unpaired) electrons. The summed E-state index contributed by atoms with van der Waals surface area (Å²) in [6.07, 6.45) is 3.07. The number of hydrogen-bond acceptors (Lipinski definition) is 5. The third kappa shape index (κ3) is 15.6. The van der Waals surface area contributed by atoms with Gasteiger partial charge in [-0.2, -0.15) is 0 Å². The van der Waals surface area contributed by atoms with E-state index >= 15 is 0 Å². The molecule has 0 bridgehead atoms. The predicted molar refractivity (Wildman–Crippen MR) is 78.1 cm³/mol. The SMILES string of the molecule is CCCOCCOCCOCCOCCCC(=O)CC. The van der Waals surface area contributed by atoms with Gasteiger partial charge in [-0.15, -0.1) is 0 Å². The van der Waals surface area contributed by atoms with Crippen LogP contribution < -0.4 is 0 Å². The molecule has 5 nitrogen and oxygen atoms in total. The molecule has 0 saturated heterocycles. The van der Waals surface area contributed by atoms with Gasteiger partial charge in [-0.1, -0.05) is 13.8 Å². The van der Waals surface area contributed by atoms with Gasteiger partial charge in [-0.05, 0) is 12.8 Å². The Morgan fingerprint density at radius 1 is 0.700 bits per heavy atom. The summed E-state index contributed by atoms with van der Waals surface area (Å²) in [5, 5.41) is 0. The zero-order chi connectivity index (χ0) is 14.9. The molecule has 0 rings (SSSR count). The van der Waals surface area contributed by atoms with Crippen LogP contribution in [0.3, 0.4) is 0 Å². The third-order valence-corrected chi connectivity index (χ3v) is 2.60. The molecule has 0 aliphatic heterocycles. The Morgan fingerprint density at radius 3 is 1.60 bits per heavy atom. The second-order valence-electron chi connectivity index (χ2n) is 4.45. The molecule has 0 aliphatic rings. The van der Waals surface area contributed by atoms with Gasteiger partial charge in [0.15, 0.2) is 0 Å². The van der Waals surface area contributed by atoms with E-state index < -0.39 is 0 Å². The standard InChI is InChI=1S/C15H30O5/c1-3-7-17-9-11-19-13-14-20-12-10-18-8-5-6-15(16)4-2/h3-14H2,1-2H3. The molecule has 0 fully saturated rings. The van der Waals surface area contributed by atoms with Gasteiger partial charge in [0.05, 0.1) is 39.6 Å². The van der Waals surface area contributed by atoms with Crippen LogP contribution in [-0.2, 0) is 23.7 Å². The number of rotatable bonds is 16. The molecule has 0 aliphatic carbocycles. The van der Waals surface area contributed by atoms with Crippen molar-refractivity contribution in [1.29, 1.82) is 0 Å². The first kappa shape index (κ1) is 19.5. The normalized spacial score (nSPS) is 10.9. The minimum Gasteiger partial charge on any atom is -0.379 e. The summed E-state index contributed by atoms with van der Waals surface area (Å²) in [5.41, 5.74) is 0. The van der Waals surface area contributed by atoms with Crippen molar-refractivity contribution in [1.82, 2.24) is 0 Å². The molecule has 0 aromatic rings. The van der Waals surface area contributed by atoms with Crippen molar-refractivity contribution in [3.63, 3.8) is 0 Å². The second-order valence-corrected chi connectivity index (χ2v) is 4.45. The maximum Gasteiger partial charge on any atom is 0.132 e. The lowest BCUT2D eigenvalue weighted by atomic mass is 10.2. The summed E-state index contributed by atoms with van der Waals surface area (Å²) >= 11 is 0. The van der Waals surface area contributed by atoms with Gasteiger partial charge in [-0.25, -0.2) is 0 Å². The first-order chi connectivity index (χ1) is 9.81. The van der Waals surface area contributed by atoms with E-state index in [1.54, 1.807) is 0 Å². The highest BCUT2D eigenvalue weighted by molar-refractivity contribution is 5.77. The Morgan fingerprint density at radius 2 is 1.15 bits per heavy atom. The molecule has 0 unspecified atom stereocenters. The van der Waals surface area contributed by atoms with E-state index in [2.05, 4.69) is 6.92 Å². The van der Waals surface area contributed by atoms with Gasteiger partial charge in [0.25, 0.3) is 0 Å². The number of carbonyl (C=O) groups excluding carboxylic acids is 1. The maximum absolute atomic E-state index is 11.0. The average Bonchev–Trinajstić information content (AvgIpc) is 2.47. The number of Topliss-reactive ketones (excluding diaryl/α,β-unsaturated/α-hetero) is 1.